The van der Waals surface area contributed by atoms with Gasteiger partial charge in [0, 0.05) is 0 Å². The quantitative estimate of drug-likeness (QED) is 0.678. The van der Waals surface area contributed by atoms with Crippen molar-refractivity contribution in [3.05, 3.63) is 17.8 Å². The first kappa shape index (κ1) is 9.24. The van der Waals surface area contributed by atoms with Crippen LogP contribution in [-0.4, -0.2) is 22.5 Å². The van der Waals surface area contributed by atoms with Gasteiger partial charge in [0.25, 0.3) is 0 Å². The molecule has 0 aliphatic heterocycles. The van der Waals surface area contributed by atoms with Crippen molar-refractivity contribution in [3.8, 4) is 0 Å². The Hall–Kier alpha value is -1.85. The van der Waals surface area contributed by atoms with E-state index in [1.165, 1.54) is 6.20 Å². The Morgan fingerprint density at radius 2 is 2.54 bits per heavy atom. The summed E-state index contributed by atoms with van der Waals surface area (Å²) in [5.74, 6) is 0.249. The first-order valence-electron chi connectivity index (χ1n) is 3.54. The zero-order valence-electron chi connectivity index (χ0n) is 6.85. The van der Waals surface area contributed by atoms with Crippen LogP contribution in [0.15, 0.2) is 10.6 Å². The van der Waals surface area contributed by atoms with Crippen molar-refractivity contribution in [2.75, 3.05) is 0 Å². The Balaban J connectivity index is 2.70. The van der Waals surface area contributed by atoms with E-state index >= 15 is 0 Å². The van der Waals surface area contributed by atoms with E-state index in [1.807, 2.05) is 0 Å². The smallest absolute Gasteiger partial charge is 0.405 e. The molecule has 1 unspecified atom stereocenters. The number of rotatable bonds is 3. The summed E-state index contributed by atoms with van der Waals surface area (Å²) in [4.78, 5) is 24.1. The first-order chi connectivity index (χ1) is 6.13. The van der Waals surface area contributed by atoms with Crippen molar-refractivity contribution in [2.24, 2.45) is 0 Å². The monoisotopic (exact) mass is 184 g/mol. The molecular weight excluding hydrogens is 176 g/mol. The van der Waals surface area contributed by atoms with Crippen molar-refractivity contribution in [2.45, 2.75) is 13.0 Å². The Morgan fingerprint density at radius 1 is 1.85 bits per heavy atom. The van der Waals surface area contributed by atoms with Crippen molar-refractivity contribution < 1.29 is 19.1 Å². The van der Waals surface area contributed by atoms with E-state index in [-0.39, 0.29) is 11.7 Å². The maximum absolute atomic E-state index is 10.2. The molecule has 1 rings (SSSR count). The average molecular weight is 184 g/mol. The number of nitrogens with one attached hydrogen (secondary N) is 1. The van der Waals surface area contributed by atoms with Gasteiger partial charge in [-0.05, 0) is 6.92 Å². The number of nitrogens with zero attached hydrogens (tertiary/aromatic N) is 1. The second-order valence-corrected chi connectivity index (χ2v) is 2.39. The lowest BCUT2D eigenvalue weighted by Crippen LogP contribution is -2.24. The average Bonchev–Trinajstić information content (AvgIpc) is 2.50. The summed E-state index contributed by atoms with van der Waals surface area (Å²) in [6.07, 6.45) is 0.574. The van der Waals surface area contributed by atoms with Gasteiger partial charge >= 0.3 is 6.09 Å². The fourth-order valence-corrected chi connectivity index (χ4v) is 0.802. The highest BCUT2D eigenvalue weighted by Gasteiger charge is 2.13. The molecule has 1 heterocycles. The van der Waals surface area contributed by atoms with E-state index in [4.69, 9.17) is 9.52 Å². The normalized spacial score (nSPS) is 12.1. The summed E-state index contributed by atoms with van der Waals surface area (Å²) in [6.45, 7) is 1.56. The summed E-state index contributed by atoms with van der Waals surface area (Å²) in [7, 11) is 0. The van der Waals surface area contributed by atoms with Crippen LogP contribution >= 0.6 is 0 Å². The van der Waals surface area contributed by atoms with Gasteiger partial charge in [0.1, 0.15) is 6.04 Å². The molecule has 1 atom stereocenters. The molecule has 2 N–H and O–H groups in total. The molecule has 1 amide bonds. The first-order valence-corrected chi connectivity index (χ1v) is 3.54. The minimum absolute atomic E-state index is 0.0778. The molecule has 0 fully saturated rings. The van der Waals surface area contributed by atoms with Crippen LogP contribution in [0.3, 0.4) is 0 Å². The SMILES string of the molecule is CC(NC(=O)O)c1ncc(C=O)o1. The molecular formula is C7H8N2O4. The number of carbonyl (C=O) groups excluding carboxylic acids is 1. The van der Waals surface area contributed by atoms with E-state index < -0.39 is 12.1 Å². The molecule has 0 radical (unpaired) electrons. The fourth-order valence-electron chi connectivity index (χ4n) is 0.802. The largest absolute Gasteiger partial charge is 0.465 e. The molecule has 0 saturated heterocycles. The molecule has 1 aromatic rings. The second-order valence-electron chi connectivity index (χ2n) is 2.39. The minimum Gasteiger partial charge on any atom is -0.465 e. The van der Waals surface area contributed by atoms with E-state index in [1.54, 1.807) is 6.92 Å². The van der Waals surface area contributed by atoms with E-state index in [9.17, 15) is 9.59 Å². The number of oxazole rings is 1. The molecule has 13 heavy (non-hydrogen) atoms. The highest BCUT2D eigenvalue weighted by molar-refractivity contribution is 5.69. The number of carbonyl (C=O) groups is 2. The lowest BCUT2D eigenvalue weighted by atomic mass is 10.3. The highest BCUT2D eigenvalue weighted by atomic mass is 16.4. The summed E-state index contributed by atoms with van der Waals surface area (Å²) in [6, 6.07) is -0.564. The maximum Gasteiger partial charge on any atom is 0.405 e. The number of aldehydes is 1. The van der Waals surface area contributed by atoms with Crippen LogP contribution in [0.2, 0.25) is 0 Å². The fraction of sp³-hybridized carbons (Fsp3) is 0.286. The van der Waals surface area contributed by atoms with Gasteiger partial charge < -0.3 is 14.8 Å². The topological polar surface area (TPSA) is 92.4 Å². The predicted molar refractivity (Wildman–Crippen MR) is 41.5 cm³/mol. The van der Waals surface area contributed by atoms with Crippen LogP contribution in [0.25, 0.3) is 0 Å². The van der Waals surface area contributed by atoms with Crippen molar-refractivity contribution in [3.63, 3.8) is 0 Å². The van der Waals surface area contributed by atoms with Gasteiger partial charge in [-0.25, -0.2) is 9.78 Å². The van der Waals surface area contributed by atoms with E-state index in [2.05, 4.69) is 10.3 Å². The zero-order chi connectivity index (χ0) is 9.84. The zero-order valence-corrected chi connectivity index (χ0v) is 6.85. The van der Waals surface area contributed by atoms with Gasteiger partial charge in [0.2, 0.25) is 5.89 Å². The van der Waals surface area contributed by atoms with Crippen LogP contribution in [0.4, 0.5) is 4.79 Å². The molecule has 0 saturated carbocycles. The number of carboxylic acid groups (broad SMARTS) is 1. The Labute approximate surface area is 73.6 Å². The van der Waals surface area contributed by atoms with Gasteiger partial charge in [-0.2, -0.15) is 0 Å². The third-order valence-electron chi connectivity index (χ3n) is 1.37. The summed E-state index contributed by atoms with van der Waals surface area (Å²) in [5, 5.41) is 10.5. The standard InChI is InChI=1S/C7H8N2O4/c1-4(9-7(11)12)6-8-2-5(3-10)13-6/h2-4,9H,1H3,(H,11,12). The number of amides is 1. The summed E-state index contributed by atoms with van der Waals surface area (Å²) < 4.78 is 4.89. The van der Waals surface area contributed by atoms with Gasteiger partial charge in [-0.3, -0.25) is 4.79 Å². The third-order valence-corrected chi connectivity index (χ3v) is 1.37. The lowest BCUT2D eigenvalue weighted by Gasteiger charge is -2.05. The molecule has 0 aliphatic rings. The summed E-state index contributed by atoms with van der Waals surface area (Å²) in [5.41, 5.74) is 0. The Kier molecular flexibility index (Phi) is 2.63. The van der Waals surface area contributed by atoms with E-state index in [0.717, 1.165) is 0 Å². The molecule has 1 aromatic heterocycles. The van der Waals surface area contributed by atoms with Gasteiger partial charge in [0.05, 0.1) is 6.20 Å². The van der Waals surface area contributed by atoms with Crippen LogP contribution < -0.4 is 5.32 Å². The van der Waals surface area contributed by atoms with Crippen LogP contribution in [0.5, 0.6) is 0 Å². The van der Waals surface area contributed by atoms with E-state index in [0.29, 0.717) is 6.29 Å². The van der Waals surface area contributed by atoms with Gasteiger partial charge in [0.15, 0.2) is 12.0 Å². The minimum atomic E-state index is -1.17. The van der Waals surface area contributed by atoms with Crippen LogP contribution in [0, 0.1) is 0 Å². The van der Waals surface area contributed by atoms with Crippen molar-refractivity contribution in [1.29, 1.82) is 0 Å². The second kappa shape index (κ2) is 3.70. The Morgan fingerprint density at radius 3 is 3.00 bits per heavy atom. The van der Waals surface area contributed by atoms with Crippen molar-refractivity contribution in [1.82, 2.24) is 10.3 Å². The molecule has 0 aliphatic carbocycles. The van der Waals surface area contributed by atoms with Crippen LogP contribution in [-0.2, 0) is 0 Å². The summed E-state index contributed by atoms with van der Waals surface area (Å²) >= 11 is 0. The molecule has 6 nitrogen and oxygen atoms in total. The Bertz CT molecular complexity index is 320. The molecule has 70 valence electrons. The van der Waals surface area contributed by atoms with Crippen LogP contribution in [0.1, 0.15) is 29.4 Å². The highest BCUT2D eigenvalue weighted by Crippen LogP contribution is 2.10. The third kappa shape index (κ3) is 2.29. The number of hydrogen-bond donors (Lipinski definition) is 2. The molecule has 0 bridgehead atoms. The van der Waals surface area contributed by atoms with Gasteiger partial charge in [-0.15, -0.1) is 0 Å². The lowest BCUT2D eigenvalue weighted by molar-refractivity contribution is 0.109. The molecule has 0 spiro atoms. The maximum atomic E-state index is 10.2. The molecule has 0 aromatic carbocycles. The predicted octanol–water partition coefficient (Wildman–Crippen LogP) is 0.816. The number of hydrogen-bond acceptors (Lipinski definition) is 4. The number of aromatic nitrogens is 1. The van der Waals surface area contributed by atoms with Crippen molar-refractivity contribution >= 4 is 12.4 Å². The molecule has 6 heteroatoms. The van der Waals surface area contributed by atoms with Gasteiger partial charge in [-0.1, -0.05) is 0 Å².